The highest BCUT2D eigenvalue weighted by Gasteiger charge is 2.24. The first-order valence-electron chi connectivity index (χ1n) is 9.73. The highest BCUT2D eigenvalue weighted by Crippen LogP contribution is 2.18. The second-order valence-corrected chi connectivity index (χ2v) is 7.21. The second-order valence-electron chi connectivity index (χ2n) is 7.21. The van der Waals surface area contributed by atoms with E-state index in [4.69, 9.17) is 0 Å². The van der Waals surface area contributed by atoms with Crippen LogP contribution in [0.25, 0.3) is 0 Å². The zero-order chi connectivity index (χ0) is 20.2. The Labute approximate surface area is 170 Å². The van der Waals surface area contributed by atoms with Crippen molar-refractivity contribution in [2.45, 2.75) is 13.8 Å². The van der Waals surface area contributed by atoms with Crippen LogP contribution in [0.1, 0.15) is 21.5 Å². The molecule has 0 spiro atoms. The molecule has 1 aromatic carbocycles. The Morgan fingerprint density at radius 1 is 0.931 bits per heavy atom. The molecule has 1 saturated heterocycles. The van der Waals surface area contributed by atoms with Gasteiger partial charge in [-0.05, 0) is 49.7 Å². The SMILES string of the molecule is Cc1ccc(C(=O)N2CCN(c3ccc(Nc4ccccn4)nn3)CC2)c(C)c1. The van der Waals surface area contributed by atoms with Gasteiger partial charge < -0.3 is 15.1 Å². The number of piperazine rings is 1. The van der Waals surface area contributed by atoms with Gasteiger partial charge in [0.05, 0.1) is 0 Å². The minimum absolute atomic E-state index is 0.100. The Morgan fingerprint density at radius 3 is 2.41 bits per heavy atom. The largest absolute Gasteiger partial charge is 0.352 e. The van der Waals surface area contributed by atoms with E-state index in [0.717, 1.165) is 35.9 Å². The second kappa shape index (κ2) is 8.26. The standard InChI is InChI=1S/C22H24N6O/c1-16-6-7-18(17(2)15-16)22(29)28-13-11-27(12-14-28)21-9-8-20(25-26-21)24-19-5-3-4-10-23-19/h3-10,15H,11-14H2,1-2H3,(H,23,24,25). The van der Waals surface area contributed by atoms with E-state index in [-0.39, 0.29) is 5.91 Å². The molecule has 0 radical (unpaired) electrons. The molecule has 29 heavy (non-hydrogen) atoms. The number of anilines is 3. The van der Waals surface area contributed by atoms with Crippen LogP contribution in [0.2, 0.25) is 0 Å². The molecule has 148 valence electrons. The number of carbonyl (C=O) groups excluding carboxylic acids is 1. The monoisotopic (exact) mass is 388 g/mol. The van der Waals surface area contributed by atoms with Gasteiger partial charge in [0, 0.05) is 37.9 Å². The minimum Gasteiger partial charge on any atom is -0.352 e. The van der Waals surface area contributed by atoms with Crippen LogP contribution < -0.4 is 10.2 Å². The van der Waals surface area contributed by atoms with Crippen molar-refractivity contribution in [3.8, 4) is 0 Å². The minimum atomic E-state index is 0.100. The molecule has 0 atom stereocenters. The first-order chi connectivity index (χ1) is 14.1. The molecular weight excluding hydrogens is 364 g/mol. The predicted molar refractivity (Wildman–Crippen MR) is 114 cm³/mol. The molecule has 7 nitrogen and oxygen atoms in total. The summed E-state index contributed by atoms with van der Waals surface area (Å²) in [5.74, 6) is 2.29. The number of benzene rings is 1. The predicted octanol–water partition coefficient (Wildman–Crippen LogP) is 3.19. The van der Waals surface area contributed by atoms with E-state index in [9.17, 15) is 4.79 Å². The normalized spacial score (nSPS) is 14.0. The van der Waals surface area contributed by atoms with Crippen LogP contribution in [0.3, 0.4) is 0 Å². The van der Waals surface area contributed by atoms with Crippen molar-refractivity contribution < 1.29 is 4.79 Å². The number of hydrogen-bond donors (Lipinski definition) is 1. The van der Waals surface area contributed by atoms with Gasteiger partial charge in [0.15, 0.2) is 11.6 Å². The summed E-state index contributed by atoms with van der Waals surface area (Å²) in [5.41, 5.74) is 2.98. The summed E-state index contributed by atoms with van der Waals surface area (Å²) in [4.78, 5) is 21.2. The summed E-state index contributed by atoms with van der Waals surface area (Å²) in [6.07, 6.45) is 1.73. The Bertz CT molecular complexity index is 982. The number of rotatable bonds is 4. The highest BCUT2D eigenvalue weighted by molar-refractivity contribution is 5.95. The van der Waals surface area contributed by atoms with Crippen LogP contribution in [0.4, 0.5) is 17.5 Å². The molecule has 1 aliphatic heterocycles. The smallest absolute Gasteiger partial charge is 0.254 e. The van der Waals surface area contributed by atoms with E-state index in [2.05, 4.69) is 31.5 Å². The molecule has 1 amide bonds. The van der Waals surface area contributed by atoms with Gasteiger partial charge >= 0.3 is 0 Å². The molecular formula is C22H24N6O. The van der Waals surface area contributed by atoms with Crippen LogP contribution in [0.15, 0.2) is 54.7 Å². The van der Waals surface area contributed by atoms with Gasteiger partial charge in [0.1, 0.15) is 5.82 Å². The van der Waals surface area contributed by atoms with Gasteiger partial charge in [-0.1, -0.05) is 23.8 Å². The number of aryl methyl sites for hydroxylation is 2. The summed E-state index contributed by atoms with van der Waals surface area (Å²) in [5, 5.41) is 11.7. The lowest BCUT2D eigenvalue weighted by Gasteiger charge is -2.35. The Balaban J connectivity index is 1.36. The number of pyridine rings is 1. The van der Waals surface area contributed by atoms with Gasteiger partial charge in [-0.2, -0.15) is 0 Å². The van der Waals surface area contributed by atoms with Gasteiger partial charge in [0.2, 0.25) is 0 Å². The first-order valence-corrected chi connectivity index (χ1v) is 9.73. The average Bonchev–Trinajstić information content (AvgIpc) is 2.75. The third kappa shape index (κ3) is 4.34. The molecule has 0 aliphatic carbocycles. The van der Waals surface area contributed by atoms with E-state index in [1.807, 2.05) is 61.2 Å². The van der Waals surface area contributed by atoms with Crippen LogP contribution in [-0.4, -0.2) is 52.2 Å². The van der Waals surface area contributed by atoms with Crippen molar-refractivity contribution in [1.29, 1.82) is 0 Å². The fourth-order valence-electron chi connectivity index (χ4n) is 3.49. The molecule has 0 saturated carbocycles. The van der Waals surface area contributed by atoms with Crippen molar-refractivity contribution in [3.05, 3.63) is 71.4 Å². The average molecular weight is 388 g/mol. The quantitative estimate of drug-likeness (QED) is 0.740. The Hall–Kier alpha value is -3.48. The summed E-state index contributed by atoms with van der Waals surface area (Å²) in [6.45, 7) is 6.84. The van der Waals surface area contributed by atoms with Crippen LogP contribution >= 0.6 is 0 Å². The fourth-order valence-corrected chi connectivity index (χ4v) is 3.49. The molecule has 2 aromatic heterocycles. The summed E-state index contributed by atoms with van der Waals surface area (Å²) in [7, 11) is 0. The maximum atomic E-state index is 12.9. The molecule has 0 bridgehead atoms. The molecule has 4 rings (SSSR count). The fraction of sp³-hybridized carbons (Fsp3) is 0.273. The van der Waals surface area contributed by atoms with Gasteiger partial charge in [-0.3, -0.25) is 4.79 Å². The zero-order valence-corrected chi connectivity index (χ0v) is 16.7. The van der Waals surface area contributed by atoms with Crippen molar-refractivity contribution in [2.24, 2.45) is 0 Å². The van der Waals surface area contributed by atoms with Gasteiger partial charge in [-0.15, -0.1) is 10.2 Å². The molecule has 1 fully saturated rings. The molecule has 1 N–H and O–H groups in total. The number of amides is 1. The van der Waals surface area contributed by atoms with Gasteiger partial charge in [-0.25, -0.2) is 4.98 Å². The van der Waals surface area contributed by atoms with Crippen molar-refractivity contribution >= 4 is 23.4 Å². The third-order valence-corrected chi connectivity index (χ3v) is 5.07. The number of hydrogen-bond acceptors (Lipinski definition) is 6. The number of aromatic nitrogens is 3. The highest BCUT2D eigenvalue weighted by atomic mass is 16.2. The first kappa shape index (κ1) is 18.9. The Kier molecular flexibility index (Phi) is 5.37. The van der Waals surface area contributed by atoms with Crippen molar-refractivity contribution in [2.75, 3.05) is 36.4 Å². The van der Waals surface area contributed by atoms with Crippen LogP contribution in [-0.2, 0) is 0 Å². The van der Waals surface area contributed by atoms with Crippen LogP contribution in [0.5, 0.6) is 0 Å². The lowest BCUT2D eigenvalue weighted by atomic mass is 10.0. The molecule has 3 heterocycles. The summed E-state index contributed by atoms with van der Waals surface area (Å²) < 4.78 is 0. The lowest BCUT2D eigenvalue weighted by molar-refractivity contribution is 0.0745. The summed E-state index contributed by atoms with van der Waals surface area (Å²) >= 11 is 0. The van der Waals surface area contributed by atoms with E-state index < -0.39 is 0 Å². The third-order valence-electron chi connectivity index (χ3n) is 5.07. The number of nitrogens with zero attached hydrogens (tertiary/aromatic N) is 5. The maximum absolute atomic E-state index is 12.9. The van der Waals surface area contributed by atoms with E-state index in [1.54, 1.807) is 6.20 Å². The number of nitrogens with one attached hydrogen (secondary N) is 1. The molecule has 3 aromatic rings. The molecule has 1 aliphatic rings. The zero-order valence-electron chi connectivity index (χ0n) is 16.7. The Morgan fingerprint density at radius 2 is 1.76 bits per heavy atom. The van der Waals surface area contributed by atoms with E-state index >= 15 is 0 Å². The number of carbonyl (C=O) groups is 1. The summed E-state index contributed by atoms with van der Waals surface area (Å²) in [6, 6.07) is 15.5. The van der Waals surface area contributed by atoms with Crippen molar-refractivity contribution in [1.82, 2.24) is 20.1 Å². The molecule has 0 unspecified atom stereocenters. The van der Waals surface area contributed by atoms with Crippen molar-refractivity contribution in [3.63, 3.8) is 0 Å². The van der Waals surface area contributed by atoms with Gasteiger partial charge in [0.25, 0.3) is 5.91 Å². The maximum Gasteiger partial charge on any atom is 0.254 e. The topological polar surface area (TPSA) is 74.2 Å². The van der Waals surface area contributed by atoms with E-state index in [1.165, 1.54) is 5.56 Å². The van der Waals surface area contributed by atoms with Crippen LogP contribution in [0, 0.1) is 13.8 Å². The van der Waals surface area contributed by atoms with E-state index in [0.29, 0.717) is 18.9 Å². The lowest BCUT2D eigenvalue weighted by Crippen LogP contribution is -2.49. The molecule has 7 heteroatoms.